The van der Waals surface area contributed by atoms with Crippen LogP contribution in [0.4, 0.5) is 5.69 Å². The van der Waals surface area contributed by atoms with Gasteiger partial charge in [-0.1, -0.05) is 24.6 Å². The van der Waals surface area contributed by atoms with Crippen LogP contribution in [0.5, 0.6) is 0 Å². The molecule has 0 aromatic heterocycles. The largest absolute Gasteiger partial charge is 0.383 e. The molecule has 1 aromatic carbocycles. The molecule has 0 unspecified atom stereocenters. The lowest BCUT2D eigenvalue weighted by molar-refractivity contribution is 0.144. The molecule has 0 saturated carbocycles. The molecule has 0 heterocycles. The molecular weight excluding hydrogens is 174 g/mol. The Hall–Kier alpha value is -1.02. The summed E-state index contributed by atoms with van der Waals surface area (Å²) in [6.07, 6.45) is 1.09. The van der Waals surface area contributed by atoms with Crippen LogP contribution < -0.4 is 5.32 Å². The van der Waals surface area contributed by atoms with Gasteiger partial charge >= 0.3 is 0 Å². The van der Waals surface area contributed by atoms with Crippen molar-refractivity contribution < 1.29 is 4.74 Å². The van der Waals surface area contributed by atoms with Gasteiger partial charge < -0.3 is 10.1 Å². The van der Waals surface area contributed by atoms with E-state index in [1.807, 2.05) is 0 Å². The van der Waals surface area contributed by atoms with Gasteiger partial charge in [0.2, 0.25) is 0 Å². The molecule has 0 saturated heterocycles. The number of hydrogen-bond donors (Lipinski definition) is 1. The van der Waals surface area contributed by atoms with Crippen molar-refractivity contribution in [2.75, 3.05) is 25.1 Å². The van der Waals surface area contributed by atoms with Gasteiger partial charge in [0.05, 0.1) is 6.61 Å². The molecule has 1 N–H and O–H groups in total. The summed E-state index contributed by atoms with van der Waals surface area (Å²) in [5.41, 5.74) is 2.45. The van der Waals surface area contributed by atoms with Crippen LogP contribution in [-0.4, -0.2) is 19.8 Å². The van der Waals surface area contributed by atoms with Crippen molar-refractivity contribution >= 4 is 5.69 Å². The van der Waals surface area contributed by atoms with Crippen LogP contribution in [0.25, 0.3) is 0 Å². The fraction of sp³-hybridized carbons (Fsp3) is 0.500. The van der Waals surface area contributed by atoms with Gasteiger partial charge in [-0.15, -0.1) is 0 Å². The average Bonchev–Trinajstić information content (AvgIpc) is 2.21. The first kappa shape index (κ1) is 11.1. The second-order valence-corrected chi connectivity index (χ2v) is 3.41. The lowest BCUT2D eigenvalue weighted by Gasteiger charge is -2.06. The highest BCUT2D eigenvalue weighted by Gasteiger charge is 1.90. The Morgan fingerprint density at radius 2 is 1.86 bits per heavy atom. The molecule has 0 aliphatic carbocycles. The standard InChI is InChI=1S/C12H19NO/c1-3-9-14-10-8-13-12-6-4-11(2)5-7-12/h4-7,13H,3,8-10H2,1-2H3. The van der Waals surface area contributed by atoms with Gasteiger partial charge in [0.1, 0.15) is 0 Å². The molecule has 14 heavy (non-hydrogen) atoms. The Morgan fingerprint density at radius 3 is 2.50 bits per heavy atom. The van der Waals surface area contributed by atoms with E-state index >= 15 is 0 Å². The van der Waals surface area contributed by atoms with Crippen molar-refractivity contribution in [3.8, 4) is 0 Å². The summed E-state index contributed by atoms with van der Waals surface area (Å²) in [4.78, 5) is 0. The van der Waals surface area contributed by atoms with Crippen molar-refractivity contribution in [3.05, 3.63) is 29.8 Å². The van der Waals surface area contributed by atoms with Gasteiger partial charge in [-0.2, -0.15) is 0 Å². The van der Waals surface area contributed by atoms with E-state index in [2.05, 4.69) is 43.4 Å². The molecule has 1 aromatic rings. The molecule has 0 spiro atoms. The Morgan fingerprint density at radius 1 is 1.14 bits per heavy atom. The van der Waals surface area contributed by atoms with E-state index in [1.54, 1.807) is 0 Å². The highest BCUT2D eigenvalue weighted by atomic mass is 16.5. The van der Waals surface area contributed by atoms with Gasteiger partial charge in [0, 0.05) is 18.8 Å². The molecule has 2 nitrogen and oxygen atoms in total. The summed E-state index contributed by atoms with van der Waals surface area (Å²) in [7, 11) is 0. The second kappa shape index (κ2) is 6.44. The number of ether oxygens (including phenoxy) is 1. The third-order valence-electron chi connectivity index (χ3n) is 1.98. The first-order valence-corrected chi connectivity index (χ1v) is 5.21. The quantitative estimate of drug-likeness (QED) is 0.701. The number of benzene rings is 1. The highest BCUT2D eigenvalue weighted by Crippen LogP contribution is 2.07. The van der Waals surface area contributed by atoms with Gasteiger partial charge in [-0.05, 0) is 25.5 Å². The summed E-state index contributed by atoms with van der Waals surface area (Å²) in [6, 6.07) is 8.40. The zero-order valence-electron chi connectivity index (χ0n) is 9.05. The van der Waals surface area contributed by atoms with E-state index in [1.165, 1.54) is 5.56 Å². The normalized spacial score (nSPS) is 10.1. The van der Waals surface area contributed by atoms with Gasteiger partial charge in [-0.3, -0.25) is 0 Å². The maximum Gasteiger partial charge on any atom is 0.0639 e. The summed E-state index contributed by atoms with van der Waals surface area (Å²) < 4.78 is 5.37. The first-order chi connectivity index (χ1) is 6.83. The van der Waals surface area contributed by atoms with Crippen LogP contribution in [0.1, 0.15) is 18.9 Å². The SMILES string of the molecule is CCCOCCNc1ccc(C)cc1. The predicted molar refractivity (Wildman–Crippen MR) is 60.8 cm³/mol. The molecular formula is C12H19NO. The van der Waals surface area contributed by atoms with Crippen LogP contribution in [0.3, 0.4) is 0 Å². The number of rotatable bonds is 6. The molecule has 2 heteroatoms. The van der Waals surface area contributed by atoms with Gasteiger partial charge in [0.15, 0.2) is 0 Å². The number of hydrogen-bond acceptors (Lipinski definition) is 2. The van der Waals surface area contributed by atoms with Crippen LogP contribution in [0, 0.1) is 6.92 Å². The van der Waals surface area contributed by atoms with E-state index in [0.717, 1.165) is 31.9 Å². The molecule has 0 radical (unpaired) electrons. The molecule has 78 valence electrons. The Bertz CT molecular complexity index is 243. The van der Waals surface area contributed by atoms with Crippen LogP contribution in [-0.2, 0) is 4.74 Å². The first-order valence-electron chi connectivity index (χ1n) is 5.21. The van der Waals surface area contributed by atoms with Crippen LogP contribution in [0.15, 0.2) is 24.3 Å². The number of anilines is 1. The summed E-state index contributed by atoms with van der Waals surface area (Å²) in [6.45, 7) is 6.72. The second-order valence-electron chi connectivity index (χ2n) is 3.41. The van der Waals surface area contributed by atoms with Crippen molar-refractivity contribution in [2.24, 2.45) is 0 Å². The molecule has 0 atom stereocenters. The van der Waals surface area contributed by atoms with E-state index in [4.69, 9.17) is 4.74 Å². The monoisotopic (exact) mass is 193 g/mol. The van der Waals surface area contributed by atoms with E-state index < -0.39 is 0 Å². The van der Waals surface area contributed by atoms with Crippen LogP contribution in [0.2, 0.25) is 0 Å². The maximum atomic E-state index is 5.37. The van der Waals surface area contributed by atoms with E-state index in [0.29, 0.717) is 0 Å². The Kier molecular flexibility index (Phi) is 5.08. The zero-order valence-corrected chi connectivity index (χ0v) is 9.05. The molecule has 0 aliphatic rings. The highest BCUT2D eigenvalue weighted by molar-refractivity contribution is 5.44. The third kappa shape index (κ3) is 4.28. The van der Waals surface area contributed by atoms with Crippen molar-refractivity contribution in [3.63, 3.8) is 0 Å². The average molecular weight is 193 g/mol. The summed E-state index contributed by atoms with van der Waals surface area (Å²) >= 11 is 0. The fourth-order valence-corrected chi connectivity index (χ4v) is 1.19. The van der Waals surface area contributed by atoms with E-state index in [-0.39, 0.29) is 0 Å². The van der Waals surface area contributed by atoms with Crippen molar-refractivity contribution in [1.82, 2.24) is 0 Å². The minimum Gasteiger partial charge on any atom is -0.383 e. The van der Waals surface area contributed by atoms with Crippen molar-refractivity contribution in [2.45, 2.75) is 20.3 Å². The zero-order chi connectivity index (χ0) is 10.2. The third-order valence-corrected chi connectivity index (χ3v) is 1.98. The number of nitrogens with one attached hydrogen (secondary N) is 1. The summed E-state index contributed by atoms with van der Waals surface area (Å²) in [5, 5.41) is 3.31. The van der Waals surface area contributed by atoms with Gasteiger partial charge in [-0.25, -0.2) is 0 Å². The lowest BCUT2D eigenvalue weighted by Crippen LogP contribution is -2.09. The molecule has 0 fully saturated rings. The van der Waals surface area contributed by atoms with Crippen molar-refractivity contribution in [1.29, 1.82) is 0 Å². The van der Waals surface area contributed by atoms with Crippen LogP contribution >= 0.6 is 0 Å². The number of aryl methyl sites for hydroxylation is 1. The smallest absolute Gasteiger partial charge is 0.0639 e. The molecule has 0 amide bonds. The lowest BCUT2D eigenvalue weighted by atomic mass is 10.2. The molecule has 1 rings (SSSR count). The summed E-state index contributed by atoms with van der Waals surface area (Å²) in [5.74, 6) is 0. The maximum absolute atomic E-state index is 5.37. The topological polar surface area (TPSA) is 21.3 Å². The van der Waals surface area contributed by atoms with E-state index in [9.17, 15) is 0 Å². The molecule has 0 aliphatic heterocycles. The minimum atomic E-state index is 0.779. The minimum absolute atomic E-state index is 0.779. The molecule has 0 bridgehead atoms. The van der Waals surface area contributed by atoms with Gasteiger partial charge in [0.25, 0.3) is 0 Å². The Balaban J connectivity index is 2.15. The predicted octanol–water partition coefficient (Wildman–Crippen LogP) is 2.83. The Labute approximate surface area is 86.3 Å². The fourth-order valence-electron chi connectivity index (χ4n) is 1.19.